The summed E-state index contributed by atoms with van der Waals surface area (Å²) in [5.74, 6) is -0.941. The van der Waals surface area contributed by atoms with Crippen LogP contribution in [0.15, 0.2) is 29.6 Å². The predicted molar refractivity (Wildman–Crippen MR) is 106 cm³/mol. The van der Waals surface area contributed by atoms with Crippen molar-refractivity contribution in [1.82, 2.24) is 9.88 Å². The molecule has 0 bridgehead atoms. The fourth-order valence-electron chi connectivity index (χ4n) is 3.34. The van der Waals surface area contributed by atoms with Gasteiger partial charge in [0.2, 0.25) is 0 Å². The zero-order valence-corrected chi connectivity index (χ0v) is 16.6. The Kier molecular flexibility index (Phi) is 6.97. The van der Waals surface area contributed by atoms with Gasteiger partial charge in [0.05, 0.1) is 18.8 Å². The molecule has 28 heavy (non-hydrogen) atoms. The van der Waals surface area contributed by atoms with Crippen LogP contribution in [0.1, 0.15) is 54.5 Å². The van der Waals surface area contributed by atoms with Crippen LogP contribution >= 0.6 is 11.3 Å². The first-order valence-electron chi connectivity index (χ1n) is 9.52. The van der Waals surface area contributed by atoms with Crippen LogP contribution in [-0.4, -0.2) is 34.5 Å². The number of para-hydroxylation sites is 1. The van der Waals surface area contributed by atoms with Gasteiger partial charge in [-0.15, -0.1) is 11.3 Å². The number of rotatable bonds is 6. The van der Waals surface area contributed by atoms with Crippen LogP contribution in [0.4, 0.5) is 14.9 Å². The molecule has 6 nitrogen and oxygen atoms in total. The van der Waals surface area contributed by atoms with Crippen LogP contribution < -0.4 is 5.32 Å². The molecule has 2 aromatic rings. The average molecular weight is 405 g/mol. The summed E-state index contributed by atoms with van der Waals surface area (Å²) in [5, 5.41) is 4.97. The number of carbonyl (C=O) groups is 2. The first-order chi connectivity index (χ1) is 13.6. The van der Waals surface area contributed by atoms with Gasteiger partial charge >= 0.3 is 12.0 Å². The maximum absolute atomic E-state index is 14.0. The number of esters is 1. The molecule has 0 spiro atoms. The maximum Gasteiger partial charge on any atom is 0.357 e. The number of urea groups is 1. The molecular weight excluding hydrogens is 381 g/mol. The molecule has 0 saturated heterocycles. The number of nitrogens with one attached hydrogen (secondary N) is 1. The number of ether oxygens (including phenoxy) is 1. The summed E-state index contributed by atoms with van der Waals surface area (Å²) in [6, 6.07) is 5.81. The van der Waals surface area contributed by atoms with E-state index in [4.69, 9.17) is 4.74 Å². The van der Waals surface area contributed by atoms with Gasteiger partial charge in [0, 0.05) is 11.4 Å². The highest BCUT2D eigenvalue weighted by molar-refractivity contribution is 7.09. The Hall–Kier alpha value is -2.48. The lowest BCUT2D eigenvalue weighted by molar-refractivity contribution is 0.0520. The molecule has 1 aliphatic rings. The number of amides is 2. The SMILES string of the molecule is CCOC(=O)c1csc(CN(C(=O)Nc2ccccc2F)C2CCCCC2)n1. The number of aromatic nitrogens is 1. The number of benzene rings is 1. The van der Waals surface area contributed by atoms with Gasteiger partial charge in [-0.3, -0.25) is 0 Å². The number of hydrogen-bond acceptors (Lipinski definition) is 5. The molecule has 2 amide bonds. The summed E-state index contributed by atoms with van der Waals surface area (Å²) in [6.45, 7) is 2.29. The highest BCUT2D eigenvalue weighted by Crippen LogP contribution is 2.26. The number of nitrogens with zero attached hydrogens (tertiary/aromatic N) is 2. The van der Waals surface area contributed by atoms with Crippen molar-refractivity contribution in [1.29, 1.82) is 0 Å². The first kappa shape index (κ1) is 20.3. The van der Waals surface area contributed by atoms with Gasteiger partial charge in [-0.1, -0.05) is 31.4 Å². The van der Waals surface area contributed by atoms with Crippen molar-refractivity contribution < 1.29 is 18.7 Å². The van der Waals surface area contributed by atoms with Crippen molar-refractivity contribution in [2.75, 3.05) is 11.9 Å². The number of halogens is 1. The molecule has 1 N–H and O–H groups in total. The summed E-state index contributed by atoms with van der Waals surface area (Å²) in [6.07, 6.45) is 5.07. The fourth-order valence-corrected chi connectivity index (χ4v) is 4.10. The van der Waals surface area contributed by atoms with Crippen LogP contribution in [0.2, 0.25) is 0 Å². The quantitative estimate of drug-likeness (QED) is 0.699. The third-order valence-electron chi connectivity index (χ3n) is 4.73. The Balaban J connectivity index is 1.76. The molecule has 3 rings (SSSR count). The minimum atomic E-state index is -0.474. The predicted octanol–water partition coefficient (Wildman–Crippen LogP) is 4.83. The van der Waals surface area contributed by atoms with Crippen LogP contribution in [0, 0.1) is 5.82 Å². The second-order valence-electron chi connectivity index (χ2n) is 6.68. The lowest BCUT2D eigenvalue weighted by atomic mass is 9.94. The molecular formula is C20H24FN3O3S. The van der Waals surface area contributed by atoms with E-state index in [1.807, 2.05) is 0 Å². The molecule has 150 valence electrons. The molecule has 1 saturated carbocycles. The highest BCUT2D eigenvalue weighted by atomic mass is 32.1. The normalized spacial score (nSPS) is 14.5. The summed E-state index contributed by atoms with van der Waals surface area (Å²) < 4.78 is 18.9. The Morgan fingerprint density at radius 3 is 2.75 bits per heavy atom. The van der Waals surface area contributed by atoms with E-state index in [0.29, 0.717) is 5.01 Å². The molecule has 8 heteroatoms. The van der Waals surface area contributed by atoms with Gasteiger partial charge in [0.15, 0.2) is 5.69 Å². The van der Waals surface area contributed by atoms with Crippen molar-refractivity contribution >= 4 is 29.0 Å². The summed E-state index contributed by atoms with van der Waals surface area (Å²) in [7, 11) is 0. The second-order valence-corrected chi connectivity index (χ2v) is 7.62. The molecule has 0 atom stereocenters. The smallest absolute Gasteiger partial charge is 0.357 e. The van der Waals surface area contributed by atoms with E-state index in [-0.39, 0.29) is 36.6 Å². The third-order valence-corrected chi connectivity index (χ3v) is 5.57. The fraction of sp³-hybridized carbons (Fsp3) is 0.450. The maximum atomic E-state index is 14.0. The van der Waals surface area contributed by atoms with Crippen molar-refractivity contribution in [3.8, 4) is 0 Å². The topological polar surface area (TPSA) is 71.5 Å². The van der Waals surface area contributed by atoms with Crippen LogP contribution in [0.3, 0.4) is 0 Å². The minimum Gasteiger partial charge on any atom is -0.461 e. The molecule has 0 aliphatic heterocycles. The molecule has 0 unspecified atom stereocenters. The van der Waals surface area contributed by atoms with E-state index in [1.54, 1.807) is 29.3 Å². The highest BCUT2D eigenvalue weighted by Gasteiger charge is 2.27. The lowest BCUT2D eigenvalue weighted by Gasteiger charge is -2.33. The summed E-state index contributed by atoms with van der Waals surface area (Å²) in [5.41, 5.74) is 0.402. The second kappa shape index (κ2) is 9.64. The van der Waals surface area contributed by atoms with E-state index in [1.165, 1.54) is 23.5 Å². The number of carbonyl (C=O) groups excluding carboxylic acids is 2. The van der Waals surface area contributed by atoms with Crippen molar-refractivity contribution in [2.45, 2.75) is 51.6 Å². The zero-order chi connectivity index (χ0) is 19.9. The monoisotopic (exact) mass is 405 g/mol. The van der Waals surface area contributed by atoms with Gasteiger partial charge in [-0.25, -0.2) is 19.0 Å². The Morgan fingerprint density at radius 1 is 1.29 bits per heavy atom. The first-order valence-corrected chi connectivity index (χ1v) is 10.4. The van der Waals surface area contributed by atoms with Crippen molar-refractivity contribution in [2.24, 2.45) is 0 Å². The number of anilines is 1. The summed E-state index contributed by atoms with van der Waals surface area (Å²) in [4.78, 5) is 30.8. The van der Waals surface area contributed by atoms with Crippen molar-refractivity contribution in [3.63, 3.8) is 0 Å². The molecule has 1 aliphatic carbocycles. The van der Waals surface area contributed by atoms with Crippen LogP contribution in [0.25, 0.3) is 0 Å². The van der Waals surface area contributed by atoms with Gasteiger partial charge in [-0.2, -0.15) is 0 Å². The van der Waals surface area contributed by atoms with Crippen LogP contribution in [0.5, 0.6) is 0 Å². The van der Waals surface area contributed by atoms with Crippen molar-refractivity contribution in [3.05, 3.63) is 46.2 Å². The largest absolute Gasteiger partial charge is 0.461 e. The van der Waals surface area contributed by atoms with E-state index in [9.17, 15) is 14.0 Å². The average Bonchev–Trinajstić information content (AvgIpc) is 3.17. The molecule has 0 radical (unpaired) electrons. The Bertz CT molecular complexity index is 821. The lowest BCUT2D eigenvalue weighted by Crippen LogP contribution is -2.43. The minimum absolute atomic E-state index is 0.0652. The third kappa shape index (κ3) is 5.07. The summed E-state index contributed by atoms with van der Waals surface area (Å²) >= 11 is 1.32. The molecule has 1 aromatic carbocycles. The van der Waals surface area contributed by atoms with Gasteiger partial charge in [-0.05, 0) is 31.9 Å². The Morgan fingerprint density at radius 2 is 2.04 bits per heavy atom. The number of thiazole rings is 1. The van der Waals surface area contributed by atoms with E-state index in [2.05, 4.69) is 10.3 Å². The van der Waals surface area contributed by atoms with E-state index in [0.717, 1.165) is 32.1 Å². The zero-order valence-electron chi connectivity index (χ0n) is 15.8. The number of hydrogen-bond donors (Lipinski definition) is 1. The Labute approximate surface area is 167 Å². The van der Waals surface area contributed by atoms with Gasteiger partial charge in [0.25, 0.3) is 0 Å². The van der Waals surface area contributed by atoms with Gasteiger partial charge in [0.1, 0.15) is 10.8 Å². The standard InChI is InChI=1S/C20H24FN3O3S/c1-2-27-19(25)17-13-28-18(22-17)12-24(14-8-4-3-5-9-14)20(26)23-16-11-7-6-10-15(16)21/h6-7,10-11,13-14H,2-5,8-9,12H2,1H3,(H,23,26). The van der Waals surface area contributed by atoms with E-state index < -0.39 is 11.8 Å². The molecule has 1 heterocycles. The molecule has 1 aromatic heterocycles. The van der Waals surface area contributed by atoms with E-state index >= 15 is 0 Å². The van der Waals surface area contributed by atoms with Gasteiger partial charge < -0.3 is 15.0 Å². The molecule has 1 fully saturated rings. The van der Waals surface area contributed by atoms with Crippen LogP contribution in [-0.2, 0) is 11.3 Å².